The van der Waals surface area contributed by atoms with Crippen molar-refractivity contribution in [3.63, 3.8) is 0 Å². The lowest BCUT2D eigenvalue weighted by atomic mass is 10.1. The molecule has 100 valence electrons. The molecule has 6 heteroatoms. The van der Waals surface area contributed by atoms with Crippen LogP contribution < -0.4 is 0 Å². The SMILES string of the molecule is O=C(O)c1ccc(-c2noc(Cc3cccs3)n2)cc1. The van der Waals surface area contributed by atoms with Gasteiger partial charge in [-0.15, -0.1) is 11.3 Å². The Hall–Kier alpha value is -2.47. The van der Waals surface area contributed by atoms with Crippen molar-refractivity contribution in [3.05, 3.63) is 58.1 Å². The molecule has 2 aromatic heterocycles. The fourth-order valence-corrected chi connectivity index (χ4v) is 2.46. The second kappa shape index (κ2) is 5.26. The van der Waals surface area contributed by atoms with E-state index in [9.17, 15) is 4.79 Å². The summed E-state index contributed by atoms with van der Waals surface area (Å²) in [4.78, 5) is 16.2. The first-order valence-corrected chi connectivity index (χ1v) is 6.79. The number of thiophene rings is 1. The minimum atomic E-state index is -0.956. The van der Waals surface area contributed by atoms with Crippen molar-refractivity contribution < 1.29 is 14.4 Å². The summed E-state index contributed by atoms with van der Waals surface area (Å²) in [5.74, 6) is 0.0568. The maximum Gasteiger partial charge on any atom is 0.335 e. The summed E-state index contributed by atoms with van der Waals surface area (Å²) in [5.41, 5.74) is 0.965. The Morgan fingerprint density at radius 3 is 2.70 bits per heavy atom. The van der Waals surface area contributed by atoms with Crippen LogP contribution in [-0.2, 0) is 6.42 Å². The van der Waals surface area contributed by atoms with E-state index in [4.69, 9.17) is 9.63 Å². The number of carbonyl (C=O) groups is 1. The molecule has 0 spiro atoms. The highest BCUT2D eigenvalue weighted by Crippen LogP contribution is 2.19. The van der Waals surface area contributed by atoms with Gasteiger partial charge in [-0.25, -0.2) is 4.79 Å². The van der Waals surface area contributed by atoms with Gasteiger partial charge in [-0.2, -0.15) is 4.98 Å². The van der Waals surface area contributed by atoms with Crippen LogP contribution in [0.5, 0.6) is 0 Å². The molecule has 2 heterocycles. The Kier molecular flexibility index (Phi) is 3.30. The van der Waals surface area contributed by atoms with Gasteiger partial charge in [-0.05, 0) is 23.6 Å². The highest BCUT2D eigenvalue weighted by atomic mass is 32.1. The van der Waals surface area contributed by atoms with Crippen LogP contribution in [0.25, 0.3) is 11.4 Å². The Balaban J connectivity index is 1.80. The lowest BCUT2D eigenvalue weighted by molar-refractivity contribution is 0.0697. The monoisotopic (exact) mass is 286 g/mol. The van der Waals surface area contributed by atoms with E-state index >= 15 is 0 Å². The third kappa shape index (κ3) is 2.60. The van der Waals surface area contributed by atoms with Crippen molar-refractivity contribution in [2.24, 2.45) is 0 Å². The maximum atomic E-state index is 10.8. The summed E-state index contributed by atoms with van der Waals surface area (Å²) in [6, 6.07) is 10.4. The first-order valence-electron chi connectivity index (χ1n) is 5.91. The quantitative estimate of drug-likeness (QED) is 0.797. The third-order valence-corrected chi connectivity index (χ3v) is 3.64. The molecule has 0 aliphatic carbocycles. The summed E-state index contributed by atoms with van der Waals surface area (Å²) in [6.07, 6.45) is 0.609. The molecule has 0 atom stereocenters. The van der Waals surface area contributed by atoms with E-state index < -0.39 is 5.97 Å². The number of hydrogen-bond donors (Lipinski definition) is 1. The molecular weight excluding hydrogens is 276 g/mol. The van der Waals surface area contributed by atoms with Crippen LogP contribution in [0.1, 0.15) is 21.1 Å². The zero-order valence-corrected chi connectivity index (χ0v) is 11.1. The average Bonchev–Trinajstić information content (AvgIpc) is 3.11. The number of hydrogen-bond acceptors (Lipinski definition) is 5. The molecule has 3 rings (SSSR count). The van der Waals surface area contributed by atoms with Gasteiger partial charge in [0.25, 0.3) is 0 Å². The van der Waals surface area contributed by atoms with Gasteiger partial charge in [0.05, 0.1) is 12.0 Å². The van der Waals surface area contributed by atoms with Crippen LogP contribution in [0.4, 0.5) is 0 Å². The van der Waals surface area contributed by atoms with E-state index in [1.165, 1.54) is 12.1 Å². The van der Waals surface area contributed by atoms with Gasteiger partial charge in [0.2, 0.25) is 11.7 Å². The minimum Gasteiger partial charge on any atom is -0.478 e. The Morgan fingerprint density at radius 2 is 2.05 bits per heavy atom. The van der Waals surface area contributed by atoms with Crippen molar-refractivity contribution in [3.8, 4) is 11.4 Å². The molecule has 0 bridgehead atoms. The molecule has 0 saturated heterocycles. The van der Waals surface area contributed by atoms with E-state index in [2.05, 4.69) is 10.1 Å². The van der Waals surface area contributed by atoms with Crippen molar-refractivity contribution in [1.82, 2.24) is 10.1 Å². The van der Waals surface area contributed by atoms with Gasteiger partial charge in [-0.1, -0.05) is 23.4 Å². The summed E-state index contributed by atoms with van der Waals surface area (Å²) in [5, 5.41) is 14.8. The standard InChI is InChI=1S/C14H10N2O3S/c17-14(18)10-5-3-9(4-6-10)13-15-12(19-16-13)8-11-2-1-7-20-11/h1-7H,8H2,(H,17,18). The molecule has 1 aromatic carbocycles. The van der Waals surface area contributed by atoms with Crippen molar-refractivity contribution >= 4 is 17.3 Å². The highest BCUT2D eigenvalue weighted by Gasteiger charge is 2.10. The van der Waals surface area contributed by atoms with Crippen LogP contribution in [0.2, 0.25) is 0 Å². The lowest BCUT2D eigenvalue weighted by Crippen LogP contribution is -1.95. The van der Waals surface area contributed by atoms with Gasteiger partial charge in [0.15, 0.2) is 0 Å². The summed E-state index contributed by atoms with van der Waals surface area (Å²) in [6.45, 7) is 0. The number of aromatic carboxylic acids is 1. The van der Waals surface area contributed by atoms with Crippen LogP contribution in [0, 0.1) is 0 Å². The van der Waals surface area contributed by atoms with Crippen LogP contribution >= 0.6 is 11.3 Å². The number of benzene rings is 1. The van der Waals surface area contributed by atoms with E-state index in [-0.39, 0.29) is 5.56 Å². The zero-order chi connectivity index (χ0) is 13.9. The van der Waals surface area contributed by atoms with Crippen molar-refractivity contribution in [2.75, 3.05) is 0 Å². The minimum absolute atomic E-state index is 0.232. The molecule has 0 unspecified atom stereocenters. The Bertz CT molecular complexity index is 717. The molecule has 3 aromatic rings. The van der Waals surface area contributed by atoms with E-state index in [1.54, 1.807) is 23.5 Å². The number of carboxylic acid groups (broad SMARTS) is 1. The normalized spacial score (nSPS) is 10.6. The van der Waals surface area contributed by atoms with Crippen LogP contribution in [-0.4, -0.2) is 21.2 Å². The van der Waals surface area contributed by atoms with Gasteiger partial charge >= 0.3 is 5.97 Å². The van der Waals surface area contributed by atoms with Crippen LogP contribution in [0.15, 0.2) is 46.3 Å². The predicted molar refractivity (Wildman–Crippen MR) is 73.8 cm³/mol. The molecule has 20 heavy (non-hydrogen) atoms. The number of rotatable bonds is 4. The molecule has 0 radical (unpaired) electrons. The molecule has 5 nitrogen and oxygen atoms in total. The predicted octanol–water partition coefficient (Wildman–Crippen LogP) is 3.09. The topological polar surface area (TPSA) is 76.2 Å². The number of nitrogens with zero attached hydrogens (tertiary/aromatic N) is 2. The first kappa shape index (κ1) is 12.6. The van der Waals surface area contributed by atoms with Crippen molar-refractivity contribution in [1.29, 1.82) is 0 Å². The Labute approximate surface area is 118 Å². The molecule has 0 amide bonds. The summed E-state index contributed by atoms with van der Waals surface area (Å²) >= 11 is 1.63. The maximum absolute atomic E-state index is 10.8. The average molecular weight is 286 g/mol. The molecule has 1 N–H and O–H groups in total. The van der Waals surface area contributed by atoms with E-state index in [0.29, 0.717) is 18.1 Å². The highest BCUT2D eigenvalue weighted by molar-refractivity contribution is 7.09. The molecule has 0 saturated carbocycles. The summed E-state index contributed by atoms with van der Waals surface area (Å²) in [7, 11) is 0. The number of aromatic nitrogens is 2. The fourth-order valence-electron chi connectivity index (χ4n) is 1.77. The molecule has 0 aliphatic heterocycles. The number of carboxylic acids is 1. The van der Waals surface area contributed by atoms with Gasteiger partial charge < -0.3 is 9.63 Å². The largest absolute Gasteiger partial charge is 0.478 e. The van der Waals surface area contributed by atoms with E-state index in [0.717, 1.165) is 10.4 Å². The lowest BCUT2D eigenvalue weighted by Gasteiger charge is -1.95. The summed E-state index contributed by atoms with van der Waals surface area (Å²) < 4.78 is 5.20. The van der Waals surface area contributed by atoms with Gasteiger partial charge in [-0.3, -0.25) is 0 Å². The fraction of sp³-hybridized carbons (Fsp3) is 0.0714. The van der Waals surface area contributed by atoms with E-state index in [1.807, 2.05) is 17.5 Å². The van der Waals surface area contributed by atoms with Gasteiger partial charge in [0, 0.05) is 10.4 Å². The molecule has 0 aliphatic rings. The molecular formula is C14H10N2O3S. The zero-order valence-electron chi connectivity index (χ0n) is 10.3. The third-order valence-electron chi connectivity index (χ3n) is 2.76. The van der Waals surface area contributed by atoms with Gasteiger partial charge in [0.1, 0.15) is 0 Å². The second-order valence-corrected chi connectivity index (χ2v) is 5.18. The van der Waals surface area contributed by atoms with Crippen LogP contribution in [0.3, 0.4) is 0 Å². The smallest absolute Gasteiger partial charge is 0.335 e. The second-order valence-electron chi connectivity index (χ2n) is 4.15. The molecule has 0 fully saturated rings. The van der Waals surface area contributed by atoms with Crippen molar-refractivity contribution in [2.45, 2.75) is 6.42 Å². The Morgan fingerprint density at radius 1 is 1.25 bits per heavy atom. The first-order chi connectivity index (χ1) is 9.72.